The molecule has 2 amide bonds. The molecule has 1 aliphatic carbocycles. The molecule has 1 saturated heterocycles. The fraction of sp³-hybridized carbons (Fsp3) is 0.550. The second kappa shape index (κ2) is 10.6. The second-order valence-electron chi connectivity index (χ2n) is 7.61. The minimum atomic E-state index is -2.04. The lowest BCUT2D eigenvalue weighted by molar-refractivity contribution is -0.154. The summed E-state index contributed by atoms with van der Waals surface area (Å²) in [7, 11) is 0. The predicted octanol–water partition coefficient (Wildman–Crippen LogP) is 2.86. The maximum atomic E-state index is 13.4. The summed E-state index contributed by atoms with van der Waals surface area (Å²) < 4.78 is 13.4. The Balaban J connectivity index is 0.000000735. The molecular weight excluding hydrogens is 419 g/mol. The van der Waals surface area contributed by atoms with Crippen LogP contribution in [-0.4, -0.2) is 56.9 Å². The van der Waals surface area contributed by atoms with E-state index in [4.69, 9.17) is 26.6 Å². The molecule has 2 aliphatic rings. The van der Waals surface area contributed by atoms with Gasteiger partial charge < -0.3 is 25.5 Å². The van der Waals surface area contributed by atoms with E-state index in [1.165, 1.54) is 37.5 Å². The zero-order chi connectivity index (χ0) is 22.3. The molecule has 166 valence electrons. The number of likely N-dealkylation sites (tertiary alicyclic amines) is 1. The summed E-state index contributed by atoms with van der Waals surface area (Å²) in [5, 5.41) is 27.3. The Hall–Kier alpha value is -2.39. The van der Waals surface area contributed by atoms with E-state index < -0.39 is 29.4 Å². The molecule has 1 aromatic carbocycles. The molecule has 0 aromatic heterocycles. The van der Waals surface area contributed by atoms with E-state index in [1.54, 1.807) is 4.90 Å². The number of benzene rings is 1. The molecule has 1 aromatic rings. The van der Waals surface area contributed by atoms with E-state index in [-0.39, 0.29) is 18.0 Å². The van der Waals surface area contributed by atoms with Gasteiger partial charge in [-0.2, -0.15) is 0 Å². The number of carbonyl (C=O) groups excluding carboxylic acids is 2. The number of nitrogens with zero attached hydrogens (tertiary/aromatic N) is 1. The molecule has 4 N–H and O–H groups in total. The standard InChI is InChI=1S/C19H24ClFN2O3.CH2O3/c20-15-8-14(9-16(21)10-15)11-22-17(24)19(26)6-7-23(18(19)25)12-13-4-2-1-3-5-13;2-1(3)4/h8-10,13,26H,1-7,11-12H2,(H,22,24);(H2,2,3,4). The van der Waals surface area contributed by atoms with Gasteiger partial charge in [-0.1, -0.05) is 30.9 Å². The normalized spacial score (nSPS) is 21.7. The van der Waals surface area contributed by atoms with Crippen molar-refractivity contribution in [3.05, 3.63) is 34.6 Å². The maximum Gasteiger partial charge on any atom is 0.503 e. The van der Waals surface area contributed by atoms with Gasteiger partial charge in [-0.3, -0.25) is 9.59 Å². The number of amides is 2. The number of rotatable bonds is 5. The van der Waals surface area contributed by atoms with Gasteiger partial charge in [-0.15, -0.1) is 0 Å². The van der Waals surface area contributed by atoms with Gasteiger partial charge in [0.05, 0.1) is 0 Å². The van der Waals surface area contributed by atoms with E-state index in [1.807, 2.05) is 0 Å². The molecule has 3 rings (SSSR count). The third-order valence-corrected chi connectivity index (χ3v) is 5.56. The van der Waals surface area contributed by atoms with Gasteiger partial charge in [-0.25, -0.2) is 9.18 Å². The highest BCUT2D eigenvalue weighted by molar-refractivity contribution is 6.30. The van der Waals surface area contributed by atoms with Crippen LogP contribution in [0.3, 0.4) is 0 Å². The predicted molar refractivity (Wildman–Crippen MR) is 107 cm³/mol. The third kappa shape index (κ3) is 6.56. The van der Waals surface area contributed by atoms with Crippen LogP contribution in [-0.2, 0) is 16.1 Å². The summed E-state index contributed by atoms with van der Waals surface area (Å²) in [6.45, 7) is 0.980. The third-order valence-electron chi connectivity index (χ3n) is 5.34. The van der Waals surface area contributed by atoms with E-state index in [0.29, 0.717) is 24.6 Å². The number of nitrogens with one attached hydrogen (secondary N) is 1. The lowest BCUT2D eigenvalue weighted by atomic mass is 9.89. The van der Waals surface area contributed by atoms with E-state index >= 15 is 0 Å². The highest BCUT2D eigenvalue weighted by atomic mass is 35.5. The lowest BCUT2D eigenvalue weighted by Gasteiger charge is -2.28. The van der Waals surface area contributed by atoms with Crippen LogP contribution in [0.1, 0.15) is 44.1 Å². The molecule has 0 spiro atoms. The lowest BCUT2D eigenvalue weighted by Crippen LogP contribution is -2.52. The number of aliphatic hydroxyl groups is 1. The fourth-order valence-corrected chi connectivity index (χ4v) is 4.12. The Kier molecular flexibility index (Phi) is 8.43. The zero-order valence-corrected chi connectivity index (χ0v) is 17.2. The minimum Gasteiger partial charge on any atom is -0.450 e. The number of halogens is 2. The van der Waals surface area contributed by atoms with Gasteiger partial charge in [0.2, 0.25) is 5.60 Å². The van der Waals surface area contributed by atoms with E-state index in [9.17, 15) is 19.1 Å². The molecule has 1 unspecified atom stereocenters. The summed E-state index contributed by atoms with van der Waals surface area (Å²) in [4.78, 5) is 35.2. The average Bonchev–Trinajstić information content (AvgIpc) is 2.95. The smallest absolute Gasteiger partial charge is 0.450 e. The summed E-state index contributed by atoms with van der Waals surface area (Å²) in [5.74, 6) is -1.32. The van der Waals surface area contributed by atoms with Crippen LogP contribution in [0, 0.1) is 11.7 Å². The number of carbonyl (C=O) groups is 3. The SMILES string of the molecule is O=C(NCc1cc(F)cc(Cl)c1)C1(O)CCN(CC2CCCCC2)C1=O.O=C(O)O. The zero-order valence-electron chi connectivity index (χ0n) is 16.4. The van der Waals surface area contributed by atoms with Crippen LogP contribution in [0.25, 0.3) is 0 Å². The van der Waals surface area contributed by atoms with Crippen molar-refractivity contribution in [3.8, 4) is 0 Å². The van der Waals surface area contributed by atoms with Crippen LogP contribution < -0.4 is 5.32 Å². The Morgan fingerprint density at radius 1 is 1.20 bits per heavy atom. The van der Waals surface area contributed by atoms with Crippen LogP contribution in [0.15, 0.2) is 18.2 Å². The molecule has 0 bridgehead atoms. The largest absolute Gasteiger partial charge is 0.503 e. The van der Waals surface area contributed by atoms with Gasteiger partial charge in [-0.05, 0) is 42.5 Å². The Labute approximate surface area is 178 Å². The fourth-order valence-electron chi connectivity index (χ4n) is 3.87. The van der Waals surface area contributed by atoms with Crippen molar-refractivity contribution in [1.29, 1.82) is 0 Å². The Morgan fingerprint density at radius 2 is 1.83 bits per heavy atom. The highest BCUT2D eigenvalue weighted by Gasteiger charge is 2.51. The maximum absolute atomic E-state index is 13.4. The van der Waals surface area contributed by atoms with Crippen molar-refractivity contribution < 1.29 is 34.1 Å². The van der Waals surface area contributed by atoms with Crippen molar-refractivity contribution in [2.45, 2.75) is 50.7 Å². The van der Waals surface area contributed by atoms with Gasteiger partial charge in [0, 0.05) is 31.1 Å². The molecular formula is C20H26ClFN2O6. The van der Waals surface area contributed by atoms with Crippen LogP contribution >= 0.6 is 11.6 Å². The summed E-state index contributed by atoms with van der Waals surface area (Å²) in [6.07, 6.45) is 4.01. The van der Waals surface area contributed by atoms with Gasteiger partial charge >= 0.3 is 6.16 Å². The number of hydrogen-bond donors (Lipinski definition) is 4. The van der Waals surface area contributed by atoms with Gasteiger partial charge in [0.1, 0.15) is 5.82 Å². The Morgan fingerprint density at radius 3 is 2.43 bits per heavy atom. The van der Waals surface area contributed by atoms with Crippen molar-refractivity contribution in [2.75, 3.05) is 13.1 Å². The summed E-state index contributed by atoms with van der Waals surface area (Å²) in [6, 6.07) is 3.95. The van der Waals surface area contributed by atoms with Crippen molar-refractivity contribution in [1.82, 2.24) is 10.2 Å². The van der Waals surface area contributed by atoms with Crippen LogP contribution in [0.5, 0.6) is 0 Å². The van der Waals surface area contributed by atoms with Crippen molar-refractivity contribution in [2.24, 2.45) is 5.92 Å². The molecule has 0 radical (unpaired) electrons. The monoisotopic (exact) mass is 444 g/mol. The van der Waals surface area contributed by atoms with Crippen molar-refractivity contribution in [3.63, 3.8) is 0 Å². The molecule has 8 nitrogen and oxygen atoms in total. The molecule has 1 atom stereocenters. The topological polar surface area (TPSA) is 127 Å². The van der Waals surface area contributed by atoms with Crippen LogP contribution in [0.4, 0.5) is 9.18 Å². The summed E-state index contributed by atoms with van der Waals surface area (Å²) in [5.41, 5.74) is -1.57. The number of carboxylic acid groups (broad SMARTS) is 2. The van der Waals surface area contributed by atoms with Gasteiger partial charge in [0.15, 0.2) is 0 Å². The van der Waals surface area contributed by atoms with Gasteiger partial charge in [0.25, 0.3) is 11.8 Å². The first-order valence-corrected chi connectivity index (χ1v) is 10.2. The van der Waals surface area contributed by atoms with E-state index in [2.05, 4.69) is 5.32 Å². The first kappa shape index (κ1) is 23.9. The average molecular weight is 445 g/mol. The first-order valence-electron chi connectivity index (χ1n) is 9.78. The molecule has 1 heterocycles. The quantitative estimate of drug-likeness (QED) is 0.517. The molecule has 30 heavy (non-hydrogen) atoms. The number of hydrogen-bond acceptors (Lipinski definition) is 4. The highest BCUT2D eigenvalue weighted by Crippen LogP contribution is 2.29. The van der Waals surface area contributed by atoms with Crippen LogP contribution in [0.2, 0.25) is 5.02 Å². The molecule has 2 fully saturated rings. The molecule has 1 aliphatic heterocycles. The van der Waals surface area contributed by atoms with E-state index in [0.717, 1.165) is 12.8 Å². The van der Waals surface area contributed by atoms with Crippen molar-refractivity contribution >= 4 is 29.6 Å². The minimum absolute atomic E-state index is 0.00543. The second-order valence-corrected chi connectivity index (χ2v) is 8.04. The molecule has 1 saturated carbocycles. The Bertz CT molecular complexity index is 762. The molecule has 10 heteroatoms. The first-order chi connectivity index (χ1) is 14.1. The summed E-state index contributed by atoms with van der Waals surface area (Å²) >= 11 is 5.79.